The zero-order valence-electron chi connectivity index (χ0n) is 13.7. The molecule has 0 heterocycles. The summed E-state index contributed by atoms with van der Waals surface area (Å²) in [5.74, 6) is -1.86. The lowest BCUT2D eigenvalue weighted by Crippen LogP contribution is -2.40. The summed E-state index contributed by atoms with van der Waals surface area (Å²) in [6.45, 7) is 3.44. The third-order valence-corrected chi connectivity index (χ3v) is 5.64. The van der Waals surface area contributed by atoms with Crippen LogP contribution in [0, 0.1) is 5.92 Å². The molecule has 24 heavy (non-hydrogen) atoms. The van der Waals surface area contributed by atoms with E-state index in [1.54, 1.807) is 13.8 Å². The minimum absolute atomic E-state index is 0.0806. The molecule has 1 aliphatic rings. The monoisotopic (exact) mass is 354 g/mol. The van der Waals surface area contributed by atoms with Crippen LogP contribution >= 0.6 is 0 Å². The van der Waals surface area contributed by atoms with E-state index in [1.807, 2.05) is 0 Å². The van der Waals surface area contributed by atoms with Crippen LogP contribution in [0.25, 0.3) is 0 Å². The van der Waals surface area contributed by atoms with Gasteiger partial charge in [0.2, 0.25) is 10.0 Å². The van der Waals surface area contributed by atoms with Crippen LogP contribution in [0.1, 0.15) is 43.5 Å². The molecule has 0 aliphatic heterocycles. The average Bonchev–Trinajstić information content (AvgIpc) is 2.94. The van der Waals surface area contributed by atoms with E-state index in [-0.39, 0.29) is 17.0 Å². The summed E-state index contributed by atoms with van der Waals surface area (Å²) in [5, 5.41) is 11.9. The summed E-state index contributed by atoms with van der Waals surface area (Å²) >= 11 is 0. The molecule has 3 N–H and O–H groups in total. The molecule has 7 nitrogen and oxygen atoms in total. The minimum Gasteiger partial charge on any atom is -0.481 e. The molecule has 1 aromatic rings. The van der Waals surface area contributed by atoms with Crippen molar-refractivity contribution in [2.45, 2.75) is 50.1 Å². The van der Waals surface area contributed by atoms with E-state index in [0.29, 0.717) is 18.4 Å². The number of amides is 1. The van der Waals surface area contributed by atoms with Gasteiger partial charge in [0.15, 0.2) is 0 Å². The fourth-order valence-corrected chi connectivity index (χ4v) is 4.09. The largest absolute Gasteiger partial charge is 0.481 e. The first-order valence-electron chi connectivity index (χ1n) is 7.87. The molecule has 2 rings (SSSR count). The number of benzene rings is 1. The Balaban J connectivity index is 2.08. The van der Waals surface area contributed by atoms with Crippen LogP contribution in [0.4, 0.5) is 0 Å². The van der Waals surface area contributed by atoms with Crippen LogP contribution < -0.4 is 10.0 Å². The van der Waals surface area contributed by atoms with E-state index in [2.05, 4.69) is 10.0 Å². The third-order valence-electron chi connectivity index (χ3n) is 3.97. The van der Waals surface area contributed by atoms with Crippen LogP contribution in [-0.4, -0.2) is 37.5 Å². The Kier molecular flexibility index (Phi) is 5.61. The zero-order valence-corrected chi connectivity index (χ0v) is 14.5. The Bertz CT molecular complexity index is 712. The number of carbonyl (C=O) groups is 2. The molecule has 1 fully saturated rings. The van der Waals surface area contributed by atoms with Gasteiger partial charge in [-0.15, -0.1) is 0 Å². The fraction of sp³-hybridized carbons (Fsp3) is 0.500. The van der Waals surface area contributed by atoms with Gasteiger partial charge >= 0.3 is 5.97 Å². The molecule has 2 atom stereocenters. The summed E-state index contributed by atoms with van der Waals surface area (Å²) in [6, 6.07) is 4.96. The summed E-state index contributed by atoms with van der Waals surface area (Å²) in [7, 11) is -3.60. The standard InChI is InChI=1S/C16H22N2O5S/c1-10(2)18-24(22,23)12-8-6-11(7-9-12)15(19)17-14-5-3-4-13(14)16(20)21/h6-10,13-14,18H,3-5H2,1-2H3,(H,17,19)(H,20,21)/t13-,14+/m0/s1. The molecule has 0 spiro atoms. The van der Waals surface area contributed by atoms with Crippen molar-refractivity contribution in [2.75, 3.05) is 0 Å². The van der Waals surface area contributed by atoms with Gasteiger partial charge in [-0.1, -0.05) is 6.42 Å². The molecule has 0 aromatic heterocycles. The van der Waals surface area contributed by atoms with E-state index >= 15 is 0 Å². The van der Waals surface area contributed by atoms with Crippen LogP contribution in [0.5, 0.6) is 0 Å². The fourth-order valence-electron chi connectivity index (χ4n) is 2.84. The maximum absolute atomic E-state index is 12.2. The number of hydrogen-bond acceptors (Lipinski definition) is 4. The van der Waals surface area contributed by atoms with Crippen molar-refractivity contribution < 1.29 is 23.1 Å². The van der Waals surface area contributed by atoms with Crippen molar-refractivity contribution in [2.24, 2.45) is 5.92 Å². The van der Waals surface area contributed by atoms with Crippen molar-refractivity contribution in [1.82, 2.24) is 10.0 Å². The van der Waals surface area contributed by atoms with E-state index in [4.69, 9.17) is 5.11 Å². The van der Waals surface area contributed by atoms with Crippen molar-refractivity contribution in [3.8, 4) is 0 Å². The predicted octanol–water partition coefficient (Wildman–Crippen LogP) is 1.36. The summed E-state index contributed by atoms with van der Waals surface area (Å²) < 4.78 is 26.6. The molecule has 0 unspecified atom stereocenters. The lowest BCUT2D eigenvalue weighted by molar-refractivity contribution is -0.142. The van der Waals surface area contributed by atoms with Crippen molar-refractivity contribution in [3.05, 3.63) is 29.8 Å². The second kappa shape index (κ2) is 7.31. The Hall–Kier alpha value is -1.93. The summed E-state index contributed by atoms with van der Waals surface area (Å²) in [6.07, 6.45) is 1.95. The molecular formula is C16H22N2O5S. The van der Waals surface area contributed by atoms with Crippen molar-refractivity contribution in [3.63, 3.8) is 0 Å². The molecule has 0 radical (unpaired) electrons. The van der Waals surface area contributed by atoms with Gasteiger partial charge in [0.25, 0.3) is 5.91 Å². The van der Waals surface area contributed by atoms with Gasteiger partial charge in [0, 0.05) is 17.6 Å². The number of nitrogens with one attached hydrogen (secondary N) is 2. The lowest BCUT2D eigenvalue weighted by Gasteiger charge is -2.17. The van der Waals surface area contributed by atoms with E-state index in [0.717, 1.165) is 6.42 Å². The normalized spacial score (nSPS) is 21.0. The Morgan fingerprint density at radius 2 is 1.79 bits per heavy atom. The van der Waals surface area contributed by atoms with Crippen molar-refractivity contribution in [1.29, 1.82) is 0 Å². The van der Waals surface area contributed by atoms with Gasteiger partial charge < -0.3 is 10.4 Å². The highest BCUT2D eigenvalue weighted by Gasteiger charge is 2.34. The molecule has 0 bridgehead atoms. The molecule has 0 saturated heterocycles. The van der Waals surface area contributed by atoms with Gasteiger partial charge in [0.1, 0.15) is 0 Å². The molecule has 1 saturated carbocycles. The first-order chi connectivity index (χ1) is 11.2. The van der Waals surface area contributed by atoms with Gasteiger partial charge in [-0.3, -0.25) is 9.59 Å². The van der Waals surface area contributed by atoms with E-state index < -0.39 is 27.8 Å². The zero-order chi connectivity index (χ0) is 17.9. The Morgan fingerprint density at radius 3 is 2.33 bits per heavy atom. The first-order valence-corrected chi connectivity index (χ1v) is 9.35. The number of hydrogen-bond donors (Lipinski definition) is 3. The maximum Gasteiger partial charge on any atom is 0.308 e. The maximum atomic E-state index is 12.2. The number of carboxylic acids is 1. The number of carboxylic acid groups (broad SMARTS) is 1. The second-order valence-electron chi connectivity index (χ2n) is 6.26. The first kappa shape index (κ1) is 18.4. The lowest BCUT2D eigenvalue weighted by atomic mass is 10.0. The van der Waals surface area contributed by atoms with Crippen molar-refractivity contribution >= 4 is 21.9 Å². The van der Waals surface area contributed by atoms with Gasteiger partial charge in [-0.05, 0) is 51.0 Å². The summed E-state index contributed by atoms with van der Waals surface area (Å²) in [5.41, 5.74) is 0.300. The molecule has 1 aromatic carbocycles. The highest BCUT2D eigenvalue weighted by Crippen LogP contribution is 2.26. The third kappa shape index (κ3) is 4.33. The number of rotatable bonds is 6. The minimum atomic E-state index is -3.60. The molecule has 1 amide bonds. The van der Waals surface area contributed by atoms with Gasteiger partial charge in [-0.25, -0.2) is 13.1 Å². The topological polar surface area (TPSA) is 113 Å². The highest BCUT2D eigenvalue weighted by atomic mass is 32.2. The molecule has 8 heteroatoms. The van der Waals surface area contributed by atoms with E-state index in [1.165, 1.54) is 24.3 Å². The Labute approximate surface area is 141 Å². The summed E-state index contributed by atoms with van der Waals surface area (Å²) in [4.78, 5) is 23.5. The van der Waals surface area contributed by atoms with Crippen LogP contribution in [-0.2, 0) is 14.8 Å². The SMILES string of the molecule is CC(C)NS(=O)(=O)c1ccc(C(=O)N[C@@H]2CCC[C@@H]2C(=O)O)cc1. The van der Waals surface area contributed by atoms with Crippen LogP contribution in [0.3, 0.4) is 0 Å². The number of sulfonamides is 1. The number of carbonyl (C=O) groups excluding carboxylic acids is 1. The van der Waals surface area contributed by atoms with Crippen LogP contribution in [0.2, 0.25) is 0 Å². The molecule has 1 aliphatic carbocycles. The molecular weight excluding hydrogens is 332 g/mol. The smallest absolute Gasteiger partial charge is 0.308 e. The highest BCUT2D eigenvalue weighted by molar-refractivity contribution is 7.89. The average molecular weight is 354 g/mol. The number of aliphatic carboxylic acids is 1. The molecule has 132 valence electrons. The Morgan fingerprint density at radius 1 is 1.17 bits per heavy atom. The predicted molar refractivity (Wildman–Crippen MR) is 88.1 cm³/mol. The quantitative estimate of drug-likeness (QED) is 0.714. The van der Waals surface area contributed by atoms with Gasteiger partial charge in [-0.2, -0.15) is 0 Å². The second-order valence-corrected chi connectivity index (χ2v) is 7.97. The van der Waals surface area contributed by atoms with Gasteiger partial charge in [0.05, 0.1) is 10.8 Å². The van der Waals surface area contributed by atoms with Crippen LogP contribution in [0.15, 0.2) is 29.2 Å². The van der Waals surface area contributed by atoms with E-state index in [9.17, 15) is 18.0 Å².